The second-order valence-electron chi connectivity index (χ2n) is 8.09. The molecule has 0 aliphatic carbocycles. The fraction of sp³-hybridized carbons (Fsp3) is 0.476. The van der Waals surface area contributed by atoms with Crippen LogP contribution in [0, 0.1) is 6.92 Å². The highest BCUT2D eigenvalue weighted by Crippen LogP contribution is 2.27. The number of methoxy groups -OCH3 is 1. The molecule has 3 aromatic heterocycles. The van der Waals surface area contributed by atoms with E-state index in [1.165, 1.54) is 17.1 Å². The van der Waals surface area contributed by atoms with Crippen molar-refractivity contribution in [2.75, 3.05) is 39.2 Å². The number of aromatic nitrogens is 4. The number of fused-ring (bicyclic) bond motifs is 1. The van der Waals surface area contributed by atoms with Gasteiger partial charge in [-0.05, 0) is 38.4 Å². The van der Waals surface area contributed by atoms with Crippen molar-refractivity contribution in [3.63, 3.8) is 0 Å². The Morgan fingerprint density at radius 2 is 2.23 bits per heavy atom. The van der Waals surface area contributed by atoms with Gasteiger partial charge >= 0.3 is 0 Å². The van der Waals surface area contributed by atoms with Crippen molar-refractivity contribution in [2.45, 2.75) is 33.4 Å². The number of hydrogen-bond donors (Lipinski definition) is 2. The minimum Gasteiger partial charge on any atom is -0.383 e. The first kappa shape index (κ1) is 21.7. The smallest absolute Gasteiger partial charge is 0.180 e. The summed E-state index contributed by atoms with van der Waals surface area (Å²) in [5, 5.41) is 6.43. The van der Waals surface area contributed by atoms with E-state index in [0.717, 1.165) is 53.2 Å². The molecule has 0 spiro atoms. The first-order valence-electron chi connectivity index (χ1n) is 10.4. The normalized spacial score (nSPS) is 14.6. The van der Waals surface area contributed by atoms with Crippen molar-refractivity contribution in [3.8, 4) is 0 Å². The molecule has 0 saturated heterocycles. The predicted octanol–water partition coefficient (Wildman–Crippen LogP) is 2.89. The zero-order chi connectivity index (χ0) is 22.0. The quantitative estimate of drug-likeness (QED) is 0.524. The van der Waals surface area contributed by atoms with Gasteiger partial charge in [-0.2, -0.15) is 4.37 Å². The van der Waals surface area contributed by atoms with E-state index in [-0.39, 0.29) is 0 Å². The number of hydrogen-bond acceptors (Lipinski definition) is 9. The minimum atomic E-state index is 0.424. The third-order valence-electron chi connectivity index (χ3n) is 5.29. The van der Waals surface area contributed by atoms with Crippen LogP contribution >= 0.6 is 11.5 Å². The number of imidazole rings is 1. The van der Waals surface area contributed by atoms with E-state index >= 15 is 0 Å². The molecule has 0 fully saturated rings. The van der Waals surface area contributed by atoms with Crippen molar-refractivity contribution in [2.24, 2.45) is 0 Å². The number of hydrazine groups is 1. The Hall–Kier alpha value is -2.53. The van der Waals surface area contributed by atoms with Gasteiger partial charge in [-0.15, -0.1) is 0 Å². The number of nitrogens with zero attached hydrogens (tertiary/aromatic N) is 6. The molecule has 0 aromatic carbocycles. The molecule has 0 saturated carbocycles. The Kier molecular flexibility index (Phi) is 6.51. The van der Waals surface area contributed by atoms with Crippen molar-refractivity contribution in [3.05, 3.63) is 41.7 Å². The highest BCUT2D eigenvalue weighted by Gasteiger charge is 2.18. The fourth-order valence-electron chi connectivity index (χ4n) is 3.62. The summed E-state index contributed by atoms with van der Waals surface area (Å²) in [5.74, 6) is 0.737. The molecule has 4 heterocycles. The van der Waals surface area contributed by atoms with E-state index in [2.05, 4.69) is 49.3 Å². The molecule has 1 aliphatic heterocycles. The largest absolute Gasteiger partial charge is 0.383 e. The zero-order valence-corrected chi connectivity index (χ0v) is 19.5. The summed E-state index contributed by atoms with van der Waals surface area (Å²) in [6.07, 6.45) is 5.95. The van der Waals surface area contributed by atoms with Gasteiger partial charge in [0.15, 0.2) is 11.5 Å². The van der Waals surface area contributed by atoms with E-state index in [1.807, 2.05) is 37.6 Å². The van der Waals surface area contributed by atoms with E-state index in [0.29, 0.717) is 12.6 Å². The van der Waals surface area contributed by atoms with Gasteiger partial charge in [0.2, 0.25) is 0 Å². The predicted molar refractivity (Wildman–Crippen MR) is 124 cm³/mol. The summed E-state index contributed by atoms with van der Waals surface area (Å²) in [5.41, 5.74) is 8.23. The zero-order valence-electron chi connectivity index (χ0n) is 18.7. The van der Waals surface area contributed by atoms with Gasteiger partial charge in [-0.1, -0.05) is 0 Å². The van der Waals surface area contributed by atoms with Gasteiger partial charge in [0.25, 0.3) is 0 Å². The second kappa shape index (κ2) is 9.31. The molecule has 0 radical (unpaired) electrons. The molecule has 31 heavy (non-hydrogen) atoms. The maximum Gasteiger partial charge on any atom is 0.180 e. The third-order valence-corrected chi connectivity index (χ3v) is 6.03. The first-order chi connectivity index (χ1) is 14.9. The average Bonchev–Trinajstić information content (AvgIpc) is 3.44. The number of ether oxygens (including phenoxy) is 1. The molecule has 0 unspecified atom stereocenters. The Bertz CT molecular complexity index is 1070. The van der Waals surface area contributed by atoms with Gasteiger partial charge in [-0.3, -0.25) is 9.30 Å². The number of likely N-dealkylation sites (N-methyl/N-ethyl adjacent to an activating group) is 1. The number of rotatable bonds is 9. The molecule has 10 heteroatoms. The number of anilines is 2. The van der Waals surface area contributed by atoms with Crippen LogP contribution in [0.25, 0.3) is 11.2 Å². The molecule has 2 N–H and O–H groups in total. The van der Waals surface area contributed by atoms with Gasteiger partial charge < -0.3 is 15.5 Å². The van der Waals surface area contributed by atoms with E-state index in [4.69, 9.17) is 9.72 Å². The molecule has 0 amide bonds. The highest BCUT2D eigenvalue weighted by atomic mass is 32.1. The van der Waals surface area contributed by atoms with Crippen LogP contribution in [0.5, 0.6) is 0 Å². The fourth-order valence-corrected chi connectivity index (χ4v) is 4.28. The molecular weight excluding hydrogens is 412 g/mol. The Morgan fingerprint density at radius 3 is 2.94 bits per heavy atom. The minimum absolute atomic E-state index is 0.424. The topological polar surface area (TPSA) is 82.9 Å². The molecule has 4 rings (SSSR count). The van der Waals surface area contributed by atoms with Gasteiger partial charge in [0.1, 0.15) is 5.00 Å². The van der Waals surface area contributed by atoms with Crippen LogP contribution in [0.3, 0.4) is 0 Å². The lowest BCUT2D eigenvalue weighted by molar-refractivity contribution is 0.124. The molecule has 1 aliphatic rings. The summed E-state index contributed by atoms with van der Waals surface area (Å²) in [6, 6.07) is 2.52. The van der Waals surface area contributed by atoms with Crippen LogP contribution in [0.15, 0.2) is 24.7 Å². The summed E-state index contributed by atoms with van der Waals surface area (Å²) in [4.78, 5) is 11.7. The summed E-state index contributed by atoms with van der Waals surface area (Å²) in [7, 11) is 3.75. The van der Waals surface area contributed by atoms with E-state index in [9.17, 15) is 0 Å². The van der Waals surface area contributed by atoms with Crippen LogP contribution in [0.2, 0.25) is 0 Å². The van der Waals surface area contributed by atoms with Crippen LogP contribution in [0.1, 0.15) is 30.9 Å². The summed E-state index contributed by atoms with van der Waals surface area (Å²) in [6.45, 7) is 9.59. The second-order valence-corrected chi connectivity index (χ2v) is 8.89. The summed E-state index contributed by atoms with van der Waals surface area (Å²) < 4.78 is 12.0. The molecule has 166 valence electrons. The van der Waals surface area contributed by atoms with Gasteiger partial charge in [0.05, 0.1) is 29.9 Å². The Labute approximate surface area is 186 Å². The maximum absolute atomic E-state index is 5.24. The number of nitrogens with one attached hydrogen (secondary N) is 2. The Balaban J connectivity index is 1.55. The summed E-state index contributed by atoms with van der Waals surface area (Å²) >= 11 is 1.44. The SMILES string of the molecule is COCCN(Cc1cc(Nc2nc(C)cn3c(C4=CNN(C)C4)cnc23)sn1)C(C)C. The lowest BCUT2D eigenvalue weighted by Crippen LogP contribution is -2.33. The Morgan fingerprint density at radius 1 is 1.39 bits per heavy atom. The molecule has 3 aromatic rings. The van der Waals surface area contributed by atoms with E-state index < -0.39 is 0 Å². The van der Waals surface area contributed by atoms with Crippen LogP contribution < -0.4 is 10.7 Å². The van der Waals surface area contributed by atoms with Crippen molar-refractivity contribution in [1.82, 2.24) is 34.1 Å². The molecular formula is C21H30N8OS. The van der Waals surface area contributed by atoms with Crippen molar-refractivity contribution < 1.29 is 4.74 Å². The molecule has 9 nitrogen and oxygen atoms in total. The van der Waals surface area contributed by atoms with Crippen molar-refractivity contribution >= 4 is 33.6 Å². The monoisotopic (exact) mass is 442 g/mol. The lowest BCUT2D eigenvalue weighted by Gasteiger charge is -2.25. The van der Waals surface area contributed by atoms with Crippen LogP contribution in [-0.2, 0) is 11.3 Å². The maximum atomic E-state index is 5.24. The van der Waals surface area contributed by atoms with Crippen LogP contribution in [0.4, 0.5) is 10.8 Å². The lowest BCUT2D eigenvalue weighted by atomic mass is 10.2. The van der Waals surface area contributed by atoms with Gasteiger partial charge in [-0.25, -0.2) is 15.0 Å². The third kappa shape index (κ3) is 4.87. The first-order valence-corrected chi connectivity index (χ1v) is 11.2. The standard InChI is InChI=1S/C21H30N8OS/c1-14(2)28(6-7-30-5)13-17-8-19(31-26-17)25-20-21-22-10-18(16-9-23-27(4)12-16)29(21)11-15(3)24-20/h8-11,14,23H,6-7,12-13H2,1-5H3,(H,24,25). The average molecular weight is 443 g/mol. The van der Waals surface area contributed by atoms with E-state index in [1.54, 1.807) is 7.11 Å². The van der Waals surface area contributed by atoms with Gasteiger partial charge in [0, 0.05) is 57.8 Å². The van der Waals surface area contributed by atoms with Crippen molar-refractivity contribution in [1.29, 1.82) is 0 Å². The molecule has 0 atom stereocenters. The highest BCUT2D eigenvalue weighted by molar-refractivity contribution is 7.10. The molecule has 0 bridgehead atoms. The number of aryl methyl sites for hydroxylation is 1. The van der Waals surface area contributed by atoms with Crippen LogP contribution in [-0.4, -0.2) is 68.5 Å².